The molecule has 0 heterocycles. The number of benzene rings is 1. The number of rotatable bonds is 4. The first-order valence-corrected chi connectivity index (χ1v) is 6.36. The van der Waals surface area contributed by atoms with Crippen LogP contribution in [0.15, 0.2) is 42.0 Å². The third kappa shape index (κ3) is 4.40. The van der Waals surface area contributed by atoms with Crippen molar-refractivity contribution >= 4 is 11.9 Å². The van der Waals surface area contributed by atoms with Crippen LogP contribution in [0.4, 0.5) is 0 Å². The van der Waals surface area contributed by atoms with Crippen molar-refractivity contribution in [2.24, 2.45) is 5.41 Å². The lowest BCUT2D eigenvalue weighted by molar-refractivity contribution is -0.122. The van der Waals surface area contributed by atoms with Crippen molar-refractivity contribution in [1.82, 2.24) is 0 Å². The van der Waals surface area contributed by atoms with Crippen molar-refractivity contribution in [3.63, 3.8) is 0 Å². The molecule has 0 aliphatic carbocycles. The van der Waals surface area contributed by atoms with Crippen molar-refractivity contribution in [3.8, 4) is 11.8 Å². The lowest BCUT2D eigenvalue weighted by Gasteiger charge is -2.14. The van der Waals surface area contributed by atoms with Gasteiger partial charge in [0.1, 0.15) is 11.8 Å². The minimum atomic E-state index is -0.546. The van der Waals surface area contributed by atoms with Gasteiger partial charge < -0.3 is 4.74 Å². The molecule has 104 valence electrons. The zero-order valence-electron chi connectivity index (χ0n) is 12.3. The van der Waals surface area contributed by atoms with Crippen LogP contribution in [0.5, 0.6) is 5.75 Å². The van der Waals surface area contributed by atoms with Gasteiger partial charge in [0.2, 0.25) is 0 Å². The summed E-state index contributed by atoms with van der Waals surface area (Å²) in [5, 5.41) is 9.04. The molecule has 1 aromatic carbocycles. The van der Waals surface area contributed by atoms with Crippen LogP contribution in [0.2, 0.25) is 0 Å². The summed E-state index contributed by atoms with van der Waals surface area (Å²) in [6.07, 6.45) is 5.11. The van der Waals surface area contributed by atoms with E-state index >= 15 is 0 Å². The summed E-state index contributed by atoms with van der Waals surface area (Å²) >= 11 is 0. The van der Waals surface area contributed by atoms with E-state index in [4.69, 9.17) is 10.00 Å². The zero-order chi connectivity index (χ0) is 15.2. The summed E-state index contributed by atoms with van der Waals surface area (Å²) < 4.78 is 5.07. The fraction of sp³-hybridized carbons (Fsp3) is 0.294. The standard InChI is InChI=1S/C17H19NO2/c1-17(2,3)16(19)14(12-18)7-5-6-13-8-10-15(20-4)11-9-13/h5-11H,1-4H3/b6-5-,14-7+. The van der Waals surface area contributed by atoms with Gasteiger partial charge in [-0.1, -0.05) is 45.1 Å². The van der Waals surface area contributed by atoms with Crippen LogP contribution in [0, 0.1) is 16.7 Å². The molecule has 0 radical (unpaired) electrons. The molecule has 3 nitrogen and oxygen atoms in total. The molecular formula is C17H19NO2. The Bertz CT molecular complexity index is 566. The lowest BCUT2D eigenvalue weighted by atomic mass is 9.86. The summed E-state index contributed by atoms with van der Waals surface area (Å²) in [5.41, 5.74) is 0.597. The van der Waals surface area contributed by atoms with Gasteiger partial charge in [-0.2, -0.15) is 5.26 Å². The number of hydrogen-bond acceptors (Lipinski definition) is 3. The number of nitrogens with zero attached hydrogens (tertiary/aromatic N) is 1. The van der Waals surface area contributed by atoms with Gasteiger partial charge in [-0.05, 0) is 23.8 Å². The zero-order valence-corrected chi connectivity index (χ0v) is 12.3. The maximum atomic E-state index is 12.0. The predicted octanol–water partition coefficient (Wildman–Crippen LogP) is 3.77. The predicted molar refractivity (Wildman–Crippen MR) is 80.2 cm³/mol. The van der Waals surface area contributed by atoms with Crippen LogP contribution >= 0.6 is 0 Å². The second-order valence-corrected chi connectivity index (χ2v) is 5.40. The largest absolute Gasteiger partial charge is 0.497 e. The molecule has 0 aliphatic heterocycles. The molecule has 0 amide bonds. The van der Waals surface area contributed by atoms with Gasteiger partial charge >= 0.3 is 0 Å². The molecule has 1 aromatic rings. The molecular weight excluding hydrogens is 250 g/mol. The fourth-order valence-corrected chi connectivity index (χ4v) is 1.54. The maximum absolute atomic E-state index is 12.0. The smallest absolute Gasteiger partial charge is 0.178 e. The number of Topliss-reactive ketones (excluding diaryl/α,β-unsaturated/α-hetero) is 1. The Balaban J connectivity index is 2.85. The normalized spacial score (nSPS) is 12.2. The fourth-order valence-electron chi connectivity index (χ4n) is 1.54. The first kappa shape index (κ1) is 15.7. The number of nitriles is 1. The van der Waals surface area contributed by atoms with Crippen LogP contribution in [0.25, 0.3) is 6.08 Å². The first-order valence-electron chi connectivity index (χ1n) is 6.36. The molecule has 0 N–H and O–H groups in total. The summed E-state index contributed by atoms with van der Waals surface area (Å²) in [4.78, 5) is 12.0. The van der Waals surface area contributed by atoms with Crippen LogP contribution in [0.3, 0.4) is 0 Å². The van der Waals surface area contributed by atoms with Crippen molar-refractivity contribution in [1.29, 1.82) is 5.26 Å². The third-order valence-electron chi connectivity index (χ3n) is 2.71. The van der Waals surface area contributed by atoms with Crippen molar-refractivity contribution in [3.05, 3.63) is 47.6 Å². The molecule has 0 unspecified atom stereocenters. The number of hydrogen-bond donors (Lipinski definition) is 0. The Morgan fingerprint density at radius 2 is 1.85 bits per heavy atom. The molecule has 0 bridgehead atoms. The van der Waals surface area contributed by atoms with Gasteiger partial charge in [0.05, 0.1) is 12.7 Å². The maximum Gasteiger partial charge on any atom is 0.178 e. The highest BCUT2D eigenvalue weighted by atomic mass is 16.5. The van der Waals surface area contributed by atoms with Gasteiger partial charge in [0.25, 0.3) is 0 Å². The Hall–Kier alpha value is -2.34. The van der Waals surface area contributed by atoms with Crippen molar-refractivity contribution in [2.75, 3.05) is 7.11 Å². The quantitative estimate of drug-likeness (QED) is 0.475. The first-order chi connectivity index (χ1) is 9.38. The topological polar surface area (TPSA) is 50.1 Å². The summed E-state index contributed by atoms with van der Waals surface area (Å²) in [5.74, 6) is 0.637. The molecule has 0 fully saturated rings. The van der Waals surface area contributed by atoms with Gasteiger partial charge in [0, 0.05) is 5.41 Å². The van der Waals surface area contributed by atoms with Crippen molar-refractivity contribution < 1.29 is 9.53 Å². The SMILES string of the molecule is COc1ccc(/C=C\C=C(/C#N)C(=O)C(C)(C)C)cc1. The molecule has 0 atom stereocenters. The van der Waals surface area contributed by atoms with Crippen LogP contribution < -0.4 is 4.74 Å². The average molecular weight is 269 g/mol. The van der Waals surface area contributed by atoms with Gasteiger partial charge in [-0.25, -0.2) is 0 Å². The highest BCUT2D eigenvalue weighted by molar-refractivity contribution is 6.02. The van der Waals surface area contributed by atoms with E-state index in [0.29, 0.717) is 0 Å². The van der Waals surface area contributed by atoms with E-state index in [9.17, 15) is 4.79 Å². The Labute approximate surface area is 120 Å². The van der Waals surface area contributed by atoms with E-state index in [1.165, 1.54) is 0 Å². The van der Waals surface area contributed by atoms with E-state index in [2.05, 4.69) is 0 Å². The lowest BCUT2D eigenvalue weighted by Crippen LogP contribution is -2.21. The highest BCUT2D eigenvalue weighted by Gasteiger charge is 2.24. The molecule has 0 saturated heterocycles. The average Bonchev–Trinajstić information content (AvgIpc) is 2.42. The molecule has 0 saturated carbocycles. The number of ether oxygens (including phenoxy) is 1. The van der Waals surface area contributed by atoms with Gasteiger partial charge in [-0.15, -0.1) is 0 Å². The molecule has 0 aliphatic rings. The number of allylic oxidation sites excluding steroid dienone is 3. The Kier molecular flexibility index (Phi) is 5.28. The second kappa shape index (κ2) is 6.72. The molecule has 0 spiro atoms. The number of ketones is 1. The summed E-state index contributed by atoms with van der Waals surface area (Å²) in [6, 6.07) is 9.47. The second-order valence-electron chi connectivity index (χ2n) is 5.40. The van der Waals surface area contributed by atoms with Crippen LogP contribution in [0.1, 0.15) is 26.3 Å². The van der Waals surface area contributed by atoms with Crippen LogP contribution in [-0.2, 0) is 4.79 Å². The van der Waals surface area contributed by atoms with Crippen LogP contribution in [-0.4, -0.2) is 12.9 Å². The molecule has 0 aromatic heterocycles. The number of methoxy groups -OCH3 is 1. The monoisotopic (exact) mass is 269 g/mol. The van der Waals surface area contributed by atoms with Crippen molar-refractivity contribution in [2.45, 2.75) is 20.8 Å². The van der Waals surface area contributed by atoms with E-state index in [1.807, 2.05) is 36.4 Å². The van der Waals surface area contributed by atoms with Gasteiger partial charge in [0.15, 0.2) is 5.78 Å². The van der Waals surface area contributed by atoms with E-state index in [1.54, 1.807) is 40.0 Å². The van der Waals surface area contributed by atoms with E-state index in [-0.39, 0.29) is 11.4 Å². The number of carbonyl (C=O) groups excluding carboxylic acids is 1. The Morgan fingerprint density at radius 1 is 1.25 bits per heavy atom. The van der Waals surface area contributed by atoms with E-state index in [0.717, 1.165) is 11.3 Å². The minimum absolute atomic E-state index is 0.153. The highest BCUT2D eigenvalue weighted by Crippen LogP contribution is 2.19. The van der Waals surface area contributed by atoms with E-state index < -0.39 is 5.41 Å². The Morgan fingerprint density at radius 3 is 2.30 bits per heavy atom. The molecule has 3 heteroatoms. The third-order valence-corrected chi connectivity index (χ3v) is 2.71. The number of carbonyl (C=O) groups is 1. The molecule has 1 rings (SSSR count). The molecule has 20 heavy (non-hydrogen) atoms. The summed E-state index contributed by atoms with van der Waals surface area (Å²) in [7, 11) is 1.62. The van der Waals surface area contributed by atoms with Gasteiger partial charge in [-0.3, -0.25) is 4.79 Å². The summed E-state index contributed by atoms with van der Waals surface area (Å²) in [6.45, 7) is 5.40. The minimum Gasteiger partial charge on any atom is -0.497 e.